The van der Waals surface area contributed by atoms with Crippen molar-refractivity contribution in [2.75, 3.05) is 19.3 Å². The lowest BCUT2D eigenvalue weighted by atomic mass is 10.2. The number of rotatable bonds is 7. The standard InChI is InChI=1S/C14H18BrNO3S/c1-10-8-11(15)5-6-12(10)20-9-13(17)16(2)7-3-4-14(18)19/h5-6,8H,3-4,7,9H2,1-2H3,(H,18,19). The number of hydrogen-bond donors (Lipinski definition) is 1. The average molecular weight is 360 g/mol. The first-order valence-corrected chi connectivity index (χ1v) is 8.02. The molecule has 0 aromatic heterocycles. The fourth-order valence-electron chi connectivity index (χ4n) is 1.62. The third kappa shape index (κ3) is 5.96. The molecule has 0 spiro atoms. The number of benzene rings is 1. The molecule has 0 aliphatic carbocycles. The number of carbonyl (C=O) groups excluding carboxylic acids is 1. The van der Waals surface area contributed by atoms with Gasteiger partial charge in [0.25, 0.3) is 0 Å². The van der Waals surface area contributed by atoms with Crippen molar-refractivity contribution in [2.45, 2.75) is 24.7 Å². The van der Waals surface area contributed by atoms with Crippen LogP contribution >= 0.6 is 27.7 Å². The summed E-state index contributed by atoms with van der Waals surface area (Å²) in [6.45, 7) is 2.49. The van der Waals surface area contributed by atoms with Gasteiger partial charge in [0.2, 0.25) is 5.91 Å². The van der Waals surface area contributed by atoms with Crippen LogP contribution in [0.5, 0.6) is 0 Å². The Hall–Kier alpha value is -1.01. The van der Waals surface area contributed by atoms with Crippen LogP contribution in [0.15, 0.2) is 27.6 Å². The average Bonchev–Trinajstić information content (AvgIpc) is 2.36. The molecule has 0 saturated heterocycles. The molecule has 4 nitrogen and oxygen atoms in total. The molecule has 0 aliphatic heterocycles. The number of nitrogens with zero attached hydrogens (tertiary/aromatic N) is 1. The van der Waals surface area contributed by atoms with Crippen LogP contribution < -0.4 is 0 Å². The largest absolute Gasteiger partial charge is 0.481 e. The summed E-state index contributed by atoms with van der Waals surface area (Å²) in [6.07, 6.45) is 0.579. The van der Waals surface area contributed by atoms with Crippen molar-refractivity contribution >= 4 is 39.6 Å². The maximum absolute atomic E-state index is 11.9. The van der Waals surface area contributed by atoms with Crippen LogP contribution in [0.2, 0.25) is 0 Å². The van der Waals surface area contributed by atoms with Crippen LogP contribution in [-0.2, 0) is 9.59 Å². The van der Waals surface area contributed by atoms with Crippen molar-refractivity contribution in [1.82, 2.24) is 4.90 Å². The van der Waals surface area contributed by atoms with Crippen molar-refractivity contribution in [3.05, 3.63) is 28.2 Å². The minimum atomic E-state index is -0.828. The lowest BCUT2D eigenvalue weighted by Gasteiger charge is -2.16. The molecule has 20 heavy (non-hydrogen) atoms. The van der Waals surface area contributed by atoms with Gasteiger partial charge in [-0.25, -0.2) is 0 Å². The second kappa shape index (κ2) is 8.32. The Bertz CT molecular complexity index is 493. The van der Waals surface area contributed by atoms with Crippen LogP contribution in [0.3, 0.4) is 0 Å². The molecular formula is C14H18BrNO3S. The quantitative estimate of drug-likeness (QED) is 0.759. The summed E-state index contributed by atoms with van der Waals surface area (Å²) < 4.78 is 1.02. The number of carboxylic acids is 1. The topological polar surface area (TPSA) is 57.6 Å². The molecule has 1 N–H and O–H groups in total. The minimum absolute atomic E-state index is 0.0164. The van der Waals surface area contributed by atoms with E-state index in [9.17, 15) is 9.59 Å². The van der Waals surface area contributed by atoms with E-state index in [1.807, 2.05) is 25.1 Å². The molecule has 110 valence electrons. The van der Waals surface area contributed by atoms with Crippen LogP contribution in [0, 0.1) is 6.92 Å². The fourth-order valence-corrected chi connectivity index (χ4v) is 3.04. The van der Waals surface area contributed by atoms with Gasteiger partial charge in [-0.15, -0.1) is 11.8 Å². The van der Waals surface area contributed by atoms with Gasteiger partial charge in [0.05, 0.1) is 5.75 Å². The van der Waals surface area contributed by atoms with Gasteiger partial charge in [0, 0.05) is 29.4 Å². The van der Waals surface area contributed by atoms with Gasteiger partial charge in [0.1, 0.15) is 0 Å². The number of amides is 1. The van der Waals surface area contributed by atoms with Gasteiger partial charge in [-0.1, -0.05) is 15.9 Å². The molecular weight excluding hydrogens is 342 g/mol. The first kappa shape index (κ1) is 17.0. The van der Waals surface area contributed by atoms with Crippen molar-refractivity contribution in [3.63, 3.8) is 0 Å². The smallest absolute Gasteiger partial charge is 0.303 e. The van der Waals surface area contributed by atoms with Gasteiger partial charge < -0.3 is 10.0 Å². The molecule has 0 radical (unpaired) electrons. The Balaban J connectivity index is 2.40. The minimum Gasteiger partial charge on any atom is -0.481 e. The SMILES string of the molecule is Cc1cc(Br)ccc1SCC(=O)N(C)CCCC(=O)O. The maximum atomic E-state index is 11.9. The first-order chi connectivity index (χ1) is 9.40. The normalized spacial score (nSPS) is 10.3. The molecule has 0 fully saturated rings. The number of thioether (sulfide) groups is 1. The van der Waals surface area contributed by atoms with Crippen LogP contribution in [0.4, 0.5) is 0 Å². The molecule has 1 rings (SSSR count). The van der Waals surface area contributed by atoms with E-state index >= 15 is 0 Å². The van der Waals surface area contributed by atoms with E-state index in [0.29, 0.717) is 18.7 Å². The summed E-state index contributed by atoms with van der Waals surface area (Å²) in [6, 6.07) is 5.96. The molecule has 1 aromatic rings. The molecule has 0 atom stereocenters. The highest BCUT2D eigenvalue weighted by atomic mass is 79.9. The fraction of sp³-hybridized carbons (Fsp3) is 0.429. The molecule has 1 amide bonds. The van der Waals surface area contributed by atoms with Gasteiger partial charge in [-0.3, -0.25) is 9.59 Å². The summed E-state index contributed by atoms with van der Waals surface area (Å²) in [5, 5.41) is 8.56. The number of halogens is 1. The third-order valence-corrected chi connectivity index (χ3v) is 4.45. The lowest BCUT2D eigenvalue weighted by molar-refractivity contribution is -0.137. The monoisotopic (exact) mass is 359 g/mol. The molecule has 0 bridgehead atoms. The van der Waals surface area contributed by atoms with E-state index < -0.39 is 5.97 Å². The third-order valence-electron chi connectivity index (χ3n) is 2.80. The zero-order valence-electron chi connectivity index (χ0n) is 11.6. The Morgan fingerprint density at radius 1 is 1.40 bits per heavy atom. The van der Waals surface area contributed by atoms with E-state index in [1.54, 1.807) is 11.9 Å². The maximum Gasteiger partial charge on any atom is 0.303 e. The highest BCUT2D eigenvalue weighted by Gasteiger charge is 2.10. The highest BCUT2D eigenvalue weighted by molar-refractivity contribution is 9.10. The molecule has 0 aliphatic rings. The molecule has 0 saturated carbocycles. The summed E-state index contributed by atoms with van der Waals surface area (Å²) >= 11 is 4.91. The van der Waals surface area contributed by atoms with E-state index in [2.05, 4.69) is 15.9 Å². The Kier molecular flexibility index (Phi) is 7.09. The molecule has 0 heterocycles. The number of carboxylic acid groups (broad SMARTS) is 1. The first-order valence-electron chi connectivity index (χ1n) is 6.25. The Morgan fingerprint density at radius 2 is 2.10 bits per heavy atom. The molecule has 1 aromatic carbocycles. The van der Waals surface area contributed by atoms with Gasteiger partial charge in [-0.05, 0) is 37.1 Å². The highest BCUT2D eigenvalue weighted by Crippen LogP contribution is 2.25. The molecule has 0 unspecified atom stereocenters. The Morgan fingerprint density at radius 3 is 2.70 bits per heavy atom. The molecule has 6 heteroatoms. The van der Waals surface area contributed by atoms with Gasteiger partial charge >= 0.3 is 5.97 Å². The number of aliphatic carboxylic acids is 1. The summed E-state index contributed by atoms with van der Waals surface area (Å²) in [7, 11) is 1.71. The summed E-state index contributed by atoms with van der Waals surface area (Å²) in [5.41, 5.74) is 1.13. The second-order valence-electron chi connectivity index (χ2n) is 4.51. The van der Waals surface area contributed by atoms with Crippen molar-refractivity contribution in [3.8, 4) is 0 Å². The predicted octanol–water partition coefficient (Wildman–Crippen LogP) is 3.17. The summed E-state index contributed by atoms with van der Waals surface area (Å²) in [4.78, 5) is 25.0. The predicted molar refractivity (Wildman–Crippen MR) is 84.1 cm³/mol. The van der Waals surface area contributed by atoms with E-state index in [-0.39, 0.29) is 12.3 Å². The van der Waals surface area contributed by atoms with E-state index in [1.165, 1.54) is 11.8 Å². The zero-order valence-corrected chi connectivity index (χ0v) is 14.0. The van der Waals surface area contributed by atoms with E-state index in [4.69, 9.17) is 5.11 Å². The summed E-state index contributed by atoms with van der Waals surface area (Å²) in [5.74, 6) is -0.445. The van der Waals surface area contributed by atoms with Gasteiger partial charge in [-0.2, -0.15) is 0 Å². The Labute approximate surface area is 131 Å². The van der Waals surface area contributed by atoms with Crippen LogP contribution in [-0.4, -0.2) is 41.2 Å². The number of hydrogen-bond acceptors (Lipinski definition) is 3. The van der Waals surface area contributed by atoms with E-state index in [0.717, 1.165) is 14.9 Å². The zero-order chi connectivity index (χ0) is 15.1. The number of aryl methyl sites for hydroxylation is 1. The number of carbonyl (C=O) groups is 2. The van der Waals surface area contributed by atoms with Crippen LogP contribution in [0.1, 0.15) is 18.4 Å². The van der Waals surface area contributed by atoms with Crippen molar-refractivity contribution in [1.29, 1.82) is 0 Å². The van der Waals surface area contributed by atoms with Crippen molar-refractivity contribution < 1.29 is 14.7 Å². The van der Waals surface area contributed by atoms with Crippen molar-refractivity contribution in [2.24, 2.45) is 0 Å². The lowest BCUT2D eigenvalue weighted by Crippen LogP contribution is -2.29. The van der Waals surface area contributed by atoms with Gasteiger partial charge in [0.15, 0.2) is 0 Å². The second-order valence-corrected chi connectivity index (χ2v) is 6.44. The van der Waals surface area contributed by atoms with Crippen LogP contribution in [0.25, 0.3) is 0 Å².